The van der Waals surface area contributed by atoms with Crippen LogP contribution in [0.5, 0.6) is 0 Å². The van der Waals surface area contributed by atoms with Crippen molar-refractivity contribution >= 4 is 6.03 Å². The van der Waals surface area contributed by atoms with Crippen molar-refractivity contribution in [3.8, 4) is 0 Å². The molecule has 21 heavy (non-hydrogen) atoms. The average Bonchev–Trinajstić information content (AvgIpc) is 2.52. The molecule has 0 atom stereocenters. The van der Waals surface area contributed by atoms with Crippen LogP contribution < -0.4 is 5.32 Å². The Balaban J connectivity index is 0.00000106. The largest absolute Gasteiger partial charge is 0.341 e. The molecule has 1 N–H and O–H groups in total. The van der Waals surface area contributed by atoms with Crippen molar-refractivity contribution in [3.63, 3.8) is 0 Å². The second-order valence-corrected chi connectivity index (χ2v) is 5.68. The Kier molecular flexibility index (Phi) is 7.39. The molecule has 2 rings (SSSR count). The summed E-state index contributed by atoms with van der Waals surface area (Å²) in [5.41, 5.74) is 0.0591. The van der Waals surface area contributed by atoms with Gasteiger partial charge in [0.1, 0.15) is 6.67 Å². The van der Waals surface area contributed by atoms with Crippen LogP contribution in [0.15, 0.2) is 0 Å². The number of halogens is 1. The highest BCUT2D eigenvalue weighted by molar-refractivity contribution is 5.73. The van der Waals surface area contributed by atoms with Gasteiger partial charge in [-0.25, -0.2) is 9.18 Å². The van der Waals surface area contributed by atoms with Crippen LogP contribution in [0.2, 0.25) is 0 Å². The van der Waals surface area contributed by atoms with Crippen molar-refractivity contribution in [2.24, 2.45) is 0 Å². The molecular formula is C15H31FN4O. The van der Waals surface area contributed by atoms with Crippen LogP contribution in [0.4, 0.5) is 9.18 Å². The van der Waals surface area contributed by atoms with Gasteiger partial charge in [-0.1, -0.05) is 13.8 Å². The number of carbonyl (C=O) groups excluding carboxylic acids is 1. The van der Waals surface area contributed by atoms with Gasteiger partial charge in [0.2, 0.25) is 0 Å². The maximum atomic E-state index is 12.7. The SMILES string of the molecule is CC.CNC(=O)N1CCC2(CC1)CN(C)CCN2CCF. The number of nitrogens with one attached hydrogen (secondary N) is 1. The van der Waals surface area contributed by atoms with E-state index in [0.29, 0.717) is 6.54 Å². The van der Waals surface area contributed by atoms with Crippen LogP contribution in [-0.4, -0.2) is 86.3 Å². The number of hydrogen-bond acceptors (Lipinski definition) is 3. The molecule has 2 aliphatic heterocycles. The molecule has 2 heterocycles. The Morgan fingerprint density at radius 3 is 2.33 bits per heavy atom. The van der Waals surface area contributed by atoms with Crippen LogP contribution in [0.3, 0.4) is 0 Å². The average molecular weight is 302 g/mol. The third-order valence-corrected chi connectivity index (χ3v) is 4.54. The number of alkyl halides is 1. The molecule has 0 aromatic rings. The highest BCUT2D eigenvalue weighted by atomic mass is 19.1. The molecule has 0 aromatic heterocycles. The first-order valence-corrected chi connectivity index (χ1v) is 8.07. The zero-order chi connectivity index (χ0) is 15.9. The molecule has 2 amide bonds. The van der Waals surface area contributed by atoms with Crippen molar-refractivity contribution < 1.29 is 9.18 Å². The third kappa shape index (κ3) is 4.30. The molecule has 5 nitrogen and oxygen atoms in total. The van der Waals surface area contributed by atoms with E-state index in [0.717, 1.165) is 45.6 Å². The van der Waals surface area contributed by atoms with Gasteiger partial charge in [0.25, 0.3) is 0 Å². The van der Waals surface area contributed by atoms with E-state index in [4.69, 9.17) is 0 Å². The summed E-state index contributed by atoms with van der Waals surface area (Å²) in [7, 11) is 3.79. The Bertz CT molecular complexity index is 319. The number of piperidine rings is 1. The second kappa shape index (κ2) is 8.54. The molecule has 0 bridgehead atoms. The fraction of sp³-hybridized carbons (Fsp3) is 0.933. The molecule has 2 fully saturated rings. The van der Waals surface area contributed by atoms with Gasteiger partial charge in [-0.3, -0.25) is 4.90 Å². The van der Waals surface area contributed by atoms with E-state index in [1.165, 1.54) is 0 Å². The summed E-state index contributed by atoms with van der Waals surface area (Å²) in [6.45, 7) is 8.67. The lowest BCUT2D eigenvalue weighted by atomic mass is 9.83. The molecule has 2 aliphatic rings. The number of hydrogen-bond donors (Lipinski definition) is 1. The lowest BCUT2D eigenvalue weighted by molar-refractivity contribution is -0.0309. The normalized spacial score (nSPS) is 22.6. The number of likely N-dealkylation sites (N-methyl/N-ethyl adjacent to an activating group) is 1. The van der Waals surface area contributed by atoms with Crippen LogP contribution in [0.1, 0.15) is 26.7 Å². The number of nitrogens with zero attached hydrogens (tertiary/aromatic N) is 3. The summed E-state index contributed by atoms with van der Waals surface area (Å²) in [6.07, 6.45) is 1.87. The fourth-order valence-electron chi connectivity index (χ4n) is 3.42. The van der Waals surface area contributed by atoms with Crippen LogP contribution in [-0.2, 0) is 0 Å². The standard InChI is InChI=1S/C13H25FN4O.C2H6/c1-15-12(19)17-6-3-13(4-7-17)11-16(2)9-10-18(13)8-5-14;1-2/h3-11H2,1-2H3,(H,15,19);1-2H3. The van der Waals surface area contributed by atoms with Crippen molar-refractivity contribution in [3.05, 3.63) is 0 Å². The molecule has 0 radical (unpaired) electrons. The Morgan fingerprint density at radius 1 is 1.19 bits per heavy atom. The van der Waals surface area contributed by atoms with Crippen molar-refractivity contribution in [1.82, 2.24) is 20.0 Å². The van der Waals surface area contributed by atoms with E-state index >= 15 is 0 Å². The van der Waals surface area contributed by atoms with Gasteiger partial charge >= 0.3 is 6.03 Å². The maximum absolute atomic E-state index is 12.7. The molecule has 0 unspecified atom stereocenters. The summed E-state index contributed by atoms with van der Waals surface area (Å²) >= 11 is 0. The first kappa shape index (κ1) is 18.2. The molecular weight excluding hydrogens is 271 g/mol. The molecule has 0 saturated carbocycles. The van der Waals surface area contributed by atoms with Gasteiger partial charge in [0.15, 0.2) is 0 Å². The Hall–Kier alpha value is -0.880. The van der Waals surface area contributed by atoms with Gasteiger partial charge in [-0.15, -0.1) is 0 Å². The fourth-order valence-corrected chi connectivity index (χ4v) is 3.42. The summed E-state index contributed by atoms with van der Waals surface area (Å²) in [6, 6.07) is -0.00365. The predicted octanol–water partition coefficient (Wildman–Crippen LogP) is 1.40. The first-order chi connectivity index (χ1) is 10.1. The number of rotatable bonds is 2. The monoisotopic (exact) mass is 302 g/mol. The number of likely N-dealkylation sites (tertiary alicyclic amines) is 1. The molecule has 6 heteroatoms. The Morgan fingerprint density at radius 2 is 1.81 bits per heavy atom. The third-order valence-electron chi connectivity index (χ3n) is 4.54. The molecule has 0 aromatic carbocycles. The van der Waals surface area contributed by atoms with Gasteiger partial charge in [0, 0.05) is 51.9 Å². The van der Waals surface area contributed by atoms with E-state index in [2.05, 4.69) is 22.2 Å². The molecule has 0 aliphatic carbocycles. The van der Waals surface area contributed by atoms with Gasteiger partial charge in [-0.2, -0.15) is 0 Å². The minimum absolute atomic E-state index is 0.00365. The number of amides is 2. The van der Waals surface area contributed by atoms with Crippen molar-refractivity contribution in [1.29, 1.82) is 0 Å². The van der Waals surface area contributed by atoms with Crippen molar-refractivity contribution in [2.45, 2.75) is 32.2 Å². The number of urea groups is 1. The quantitative estimate of drug-likeness (QED) is 0.838. The topological polar surface area (TPSA) is 38.8 Å². The van der Waals surface area contributed by atoms with E-state index in [1.807, 2.05) is 18.7 Å². The second-order valence-electron chi connectivity index (χ2n) is 5.68. The minimum atomic E-state index is -0.287. The lowest BCUT2D eigenvalue weighted by Crippen LogP contribution is -2.65. The zero-order valence-corrected chi connectivity index (χ0v) is 14.0. The van der Waals surface area contributed by atoms with Gasteiger partial charge < -0.3 is 15.1 Å². The van der Waals surface area contributed by atoms with Crippen LogP contribution in [0.25, 0.3) is 0 Å². The van der Waals surface area contributed by atoms with E-state index in [9.17, 15) is 9.18 Å². The maximum Gasteiger partial charge on any atom is 0.317 e. The number of piperazine rings is 1. The highest BCUT2D eigenvalue weighted by Gasteiger charge is 2.43. The summed E-state index contributed by atoms with van der Waals surface area (Å²) in [5, 5.41) is 2.67. The first-order valence-electron chi connectivity index (χ1n) is 8.07. The van der Waals surface area contributed by atoms with Crippen LogP contribution >= 0.6 is 0 Å². The smallest absolute Gasteiger partial charge is 0.317 e. The van der Waals surface area contributed by atoms with Crippen molar-refractivity contribution in [2.75, 3.05) is 60.0 Å². The van der Waals surface area contributed by atoms with Gasteiger partial charge in [0.05, 0.1) is 0 Å². The summed E-state index contributed by atoms with van der Waals surface area (Å²) in [4.78, 5) is 18.1. The van der Waals surface area contributed by atoms with E-state index in [-0.39, 0.29) is 18.2 Å². The van der Waals surface area contributed by atoms with Crippen LogP contribution in [0, 0.1) is 0 Å². The molecule has 124 valence electrons. The minimum Gasteiger partial charge on any atom is -0.341 e. The van der Waals surface area contributed by atoms with Gasteiger partial charge in [-0.05, 0) is 19.9 Å². The van der Waals surface area contributed by atoms with E-state index in [1.54, 1.807) is 7.05 Å². The highest BCUT2D eigenvalue weighted by Crippen LogP contribution is 2.32. The Labute approximate surface area is 128 Å². The zero-order valence-electron chi connectivity index (χ0n) is 14.0. The summed E-state index contributed by atoms with van der Waals surface area (Å²) < 4.78 is 12.7. The number of carbonyl (C=O) groups is 1. The predicted molar refractivity (Wildman–Crippen MR) is 84.4 cm³/mol. The summed E-state index contributed by atoms with van der Waals surface area (Å²) in [5.74, 6) is 0. The molecule has 2 saturated heterocycles. The lowest BCUT2D eigenvalue weighted by Gasteiger charge is -2.53. The molecule has 1 spiro atoms. The van der Waals surface area contributed by atoms with E-state index < -0.39 is 0 Å².